The summed E-state index contributed by atoms with van der Waals surface area (Å²) >= 11 is 1.19. The van der Waals surface area contributed by atoms with Gasteiger partial charge in [0.05, 0.1) is 31.2 Å². The van der Waals surface area contributed by atoms with E-state index in [-0.39, 0.29) is 22.8 Å². The van der Waals surface area contributed by atoms with Gasteiger partial charge in [0.2, 0.25) is 11.5 Å². The monoisotopic (exact) mass is 453 g/mol. The molecule has 0 radical (unpaired) electrons. The first-order valence-electron chi connectivity index (χ1n) is 10.2. The lowest BCUT2D eigenvalue weighted by molar-refractivity contribution is -0.113. The number of para-hydroxylation sites is 3. The van der Waals surface area contributed by atoms with Crippen LogP contribution in [-0.4, -0.2) is 41.5 Å². The van der Waals surface area contributed by atoms with E-state index in [1.807, 2.05) is 37.3 Å². The minimum atomic E-state index is -0.298. The predicted octanol–water partition coefficient (Wildman–Crippen LogP) is 3.92. The zero-order valence-corrected chi connectivity index (χ0v) is 18.6. The molecule has 0 aliphatic carbocycles. The average Bonchev–Trinajstić information content (AvgIpc) is 3.18. The molecule has 0 atom stereocenters. The summed E-state index contributed by atoms with van der Waals surface area (Å²) in [5.74, 6) is 0.447. The predicted molar refractivity (Wildman–Crippen MR) is 125 cm³/mol. The van der Waals surface area contributed by atoms with Crippen LogP contribution < -0.4 is 15.6 Å². The molecule has 166 valence electrons. The molecule has 0 aliphatic rings. The van der Waals surface area contributed by atoms with Gasteiger partial charge in [-0.1, -0.05) is 36.0 Å². The Morgan fingerprint density at radius 1 is 1.19 bits per heavy atom. The van der Waals surface area contributed by atoms with Gasteiger partial charge in [-0.15, -0.1) is 0 Å². The van der Waals surface area contributed by atoms with Crippen LogP contribution in [0, 0.1) is 0 Å². The Balaban J connectivity index is 1.62. The normalized spacial score (nSPS) is 11.2. The first-order chi connectivity index (χ1) is 15.6. The Kier molecular flexibility index (Phi) is 6.77. The van der Waals surface area contributed by atoms with Crippen molar-refractivity contribution in [2.24, 2.45) is 0 Å². The second kappa shape index (κ2) is 9.88. The maximum atomic E-state index is 13.1. The molecule has 0 saturated heterocycles. The Hall–Kier alpha value is -3.30. The van der Waals surface area contributed by atoms with Crippen LogP contribution in [0.5, 0.6) is 5.75 Å². The van der Waals surface area contributed by atoms with Gasteiger partial charge in [0.15, 0.2) is 5.16 Å². The highest BCUT2D eigenvalue weighted by Crippen LogP contribution is 2.28. The van der Waals surface area contributed by atoms with Gasteiger partial charge in [0, 0.05) is 12.5 Å². The molecule has 1 N–H and O–H groups in total. The Morgan fingerprint density at radius 2 is 1.97 bits per heavy atom. The highest BCUT2D eigenvalue weighted by Gasteiger charge is 2.18. The van der Waals surface area contributed by atoms with Gasteiger partial charge in [-0.05, 0) is 31.2 Å². The van der Waals surface area contributed by atoms with E-state index >= 15 is 0 Å². The summed E-state index contributed by atoms with van der Waals surface area (Å²) in [5.41, 5.74) is 1.58. The number of amides is 1. The summed E-state index contributed by atoms with van der Waals surface area (Å²) in [6.45, 7) is 3.01. The van der Waals surface area contributed by atoms with E-state index in [1.54, 1.807) is 25.3 Å². The number of carbonyl (C=O) groups excluding carboxylic acids is 1. The molecule has 32 heavy (non-hydrogen) atoms. The summed E-state index contributed by atoms with van der Waals surface area (Å²) in [7, 11) is 1.56. The van der Waals surface area contributed by atoms with Gasteiger partial charge in [-0.2, -0.15) is 0 Å². The fraction of sp³-hybridized carbons (Fsp3) is 0.261. The van der Waals surface area contributed by atoms with Crippen LogP contribution in [0.2, 0.25) is 0 Å². The van der Waals surface area contributed by atoms with E-state index in [2.05, 4.69) is 10.3 Å². The third-order valence-electron chi connectivity index (χ3n) is 4.76. The second-order valence-electron chi connectivity index (χ2n) is 6.89. The molecule has 1 amide bonds. The van der Waals surface area contributed by atoms with Crippen LogP contribution in [0.1, 0.15) is 6.92 Å². The molecule has 0 saturated carbocycles. The number of furan rings is 1. The van der Waals surface area contributed by atoms with E-state index in [0.717, 1.165) is 5.39 Å². The second-order valence-corrected chi connectivity index (χ2v) is 7.83. The minimum Gasteiger partial charge on any atom is -0.492 e. The van der Waals surface area contributed by atoms with Crippen LogP contribution in [-0.2, 0) is 16.1 Å². The molecule has 0 spiro atoms. The number of anilines is 1. The molecule has 0 fully saturated rings. The van der Waals surface area contributed by atoms with E-state index in [0.29, 0.717) is 47.5 Å². The highest BCUT2D eigenvalue weighted by molar-refractivity contribution is 7.99. The molecule has 4 rings (SSSR count). The van der Waals surface area contributed by atoms with E-state index in [4.69, 9.17) is 13.9 Å². The zero-order valence-electron chi connectivity index (χ0n) is 17.8. The van der Waals surface area contributed by atoms with Gasteiger partial charge in [-0.25, -0.2) is 4.98 Å². The van der Waals surface area contributed by atoms with Gasteiger partial charge < -0.3 is 19.2 Å². The van der Waals surface area contributed by atoms with Crippen LogP contribution in [0.15, 0.2) is 62.9 Å². The quantitative estimate of drug-likeness (QED) is 0.303. The molecule has 0 aliphatic heterocycles. The number of ether oxygens (including phenoxy) is 2. The summed E-state index contributed by atoms with van der Waals surface area (Å²) in [5, 5.41) is 4.05. The molecule has 2 aromatic carbocycles. The van der Waals surface area contributed by atoms with Crippen molar-refractivity contribution in [3.8, 4) is 5.75 Å². The molecular formula is C23H23N3O5S. The summed E-state index contributed by atoms with van der Waals surface area (Å²) in [4.78, 5) is 30.4. The van der Waals surface area contributed by atoms with Crippen molar-refractivity contribution in [3.05, 3.63) is 58.9 Å². The average molecular weight is 454 g/mol. The summed E-state index contributed by atoms with van der Waals surface area (Å²) < 4.78 is 18.0. The molecule has 4 aromatic rings. The molecule has 8 nitrogen and oxygen atoms in total. The number of carbonyl (C=O) groups is 1. The number of benzene rings is 2. The first-order valence-corrected chi connectivity index (χ1v) is 11.2. The van der Waals surface area contributed by atoms with Crippen molar-refractivity contribution < 1.29 is 18.7 Å². The fourth-order valence-corrected chi connectivity index (χ4v) is 4.13. The van der Waals surface area contributed by atoms with Crippen LogP contribution >= 0.6 is 11.8 Å². The van der Waals surface area contributed by atoms with Gasteiger partial charge >= 0.3 is 0 Å². The number of fused-ring (bicyclic) bond motifs is 3. The standard InChI is InChI=1S/C23H23N3O5S/c1-3-30-18-11-7-5-9-16(18)24-19(27)14-32-23-25-20-15-8-4-6-10-17(15)31-21(20)22(28)26(23)12-13-29-2/h4-11H,3,12-14H2,1-2H3,(H,24,27). The van der Waals surface area contributed by atoms with Crippen LogP contribution in [0.4, 0.5) is 5.69 Å². The Morgan fingerprint density at radius 3 is 2.78 bits per heavy atom. The molecule has 2 heterocycles. The molecular weight excluding hydrogens is 430 g/mol. The lowest BCUT2D eigenvalue weighted by Crippen LogP contribution is -2.25. The molecule has 0 bridgehead atoms. The smallest absolute Gasteiger partial charge is 0.297 e. The van der Waals surface area contributed by atoms with E-state index in [9.17, 15) is 9.59 Å². The maximum absolute atomic E-state index is 13.1. The molecule has 0 unspecified atom stereocenters. The number of nitrogens with zero attached hydrogens (tertiary/aromatic N) is 2. The SMILES string of the molecule is CCOc1ccccc1NC(=O)CSc1nc2c(oc3ccccc32)c(=O)n1CCOC. The summed E-state index contributed by atoms with van der Waals surface area (Å²) in [6.07, 6.45) is 0. The molecule has 9 heteroatoms. The topological polar surface area (TPSA) is 95.6 Å². The highest BCUT2D eigenvalue weighted by atomic mass is 32.2. The third kappa shape index (κ3) is 4.49. The number of hydrogen-bond acceptors (Lipinski definition) is 7. The number of rotatable bonds is 9. The number of hydrogen-bond donors (Lipinski definition) is 1. The van der Waals surface area contributed by atoms with Crippen molar-refractivity contribution in [3.63, 3.8) is 0 Å². The summed E-state index contributed by atoms with van der Waals surface area (Å²) in [6, 6.07) is 14.6. The lowest BCUT2D eigenvalue weighted by atomic mass is 10.2. The minimum absolute atomic E-state index is 0.0706. The fourth-order valence-electron chi connectivity index (χ4n) is 3.31. The van der Waals surface area contributed by atoms with Crippen molar-refractivity contribution in [1.82, 2.24) is 9.55 Å². The number of thioether (sulfide) groups is 1. The first kappa shape index (κ1) is 21.9. The van der Waals surface area contributed by atoms with Crippen LogP contribution in [0.25, 0.3) is 22.1 Å². The number of nitrogens with one attached hydrogen (secondary N) is 1. The lowest BCUT2D eigenvalue weighted by Gasteiger charge is -2.13. The van der Waals surface area contributed by atoms with Gasteiger partial charge in [0.1, 0.15) is 16.8 Å². The van der Waals surface area contributed by atoms with Crippen LogP contribution in [0.3, 0.4) is 0 Å². The van der Waals surface area contributed by atoms with Crippen molar-refractivity contribution >= 4 is 45.4 Å². The van der Waals surface area contributed by atoms with Crippen molar-refractivity contribution in [2.45, 2.75) is 18.6 Å². The zero-order chi connectivity index (χ0) is 22.5. The largest absolute Gasteiger partial charge is 0.492 e. The molecule has 2 aromatic heterocycles. The number of methoxy groups -OCH3 is 1. The van der Waals surface area contributed by atoms with Gasteiger partial charge in [-0.3, -0.25) is 14.2 Å². The third-order valence-corrected chi connectivity index (χ3v) is 5.74. The van der Waals surface area contributed by atoms with Gasteiger partial charge in [0.25, 0.3) is 5.56 Å². The Bertz CT molecular complexity index is 1310. The number of aromatic nitrogens is 2. The Labute approximate surface area is 188 Å². The van der Waals surface area contributed by atoms with E-state index < -0.39 is 0 Å². The maximum Gasteiger partial charge on any atom is 0.297 e. The van der Waals surface area contributed by atoms with Crippen molar-refractivity contribution in [2.75, 3.05) is 31.4 Å². The van der Waals surface area contributed by atoms with E-state index in [1.165, 1.54) is 16.3 Å². The van der Waals surface area contributed by atoms with Crippen molar-refractivity contribution in [1.29, 1.82) is 0 Å².